The van der Waals surface area contributed by atoms with Crippen molar-refractivity contribution in [2.24, 2.45) is 0 Å². The summed E-state index contributed by atoms with van der Waals surface area (Å²) < 4.78 is 2.17. The molecule has 2 aromatic rings. The van der Waals surface area contributed by atoms with E-state index in [-0.39, 0.29) is 0 Å². The Hall–Kier alpha value is -0.350. The normalized spacial score (nSPS) is 12.4. The molecule has 2 aromatic carbocycles. The maximum absolute atomic E-state index is 6.19. The Labute approximate surface area is 142 Å². The van der Waals surface area contributed by atoms with Crippen LogP contribution in [0.4, 0.5) is 0 Å². The molecule has 1 atom stereocenters. The first-order valence-corrected chi connectivity index (χ1v) is 8.43. The fourth-order valence-electron chi connectivity index (χ4n) is 2.01. The molecule has 0 heterocycles. The SMILES string of the molecule is CC(Cc1ccc(Br)cc1)NCc1cc(Br)ccc1Cl. The zero-order valence-corrected chi connectivity index (χ0v) is 15.1. The third-order valence-corrected chi connectivity index (χ3v) is 4.49. The van der Waals surface area contributed by atoms with Crippen LogP contribution in [0.25, 0.3) is 0 Å². The van der Waals surface area contributed by atoms with Crippen LogP contribution >= 0.6 is 43.5 Å². The zero-order valence-electron chi connectivity index (χ0n) is 11.2. The standard InChI is InChI=1S/C16H16Br2ClN/c1-11(8-12-2-4-14(17)5-3-12)20-10-13-9-15(18)6-7-16(13)19/h2-7,9,11,20H,8,10H2,1H3. The molecule has 1 unspecified atom stereocenters. The molecular formula is C16H16Br2ClN. The number of benzene rings is 2. The van der Waals surface area contributed by atoms with Gasteiger partial charge in [0.2, 0.25) is 0 Å². The fraction of sp³-hybridized carbons (Fsp3) is 0.250. The Morgan fingerprint density at radius 2 is 1.70 bits per heavy atom. The highest BCUT2D eigenvalue weighted by atomic mass is 79.9. The van der Waals surface area contributed by atoms with Crippen LogP contribution in [0.2, 0.25) is 5.02 Å². The molecular weight excluding hydrogens is 401 g/mol. The molecule has 0 amide bonds. The van der Waals surface area contributed by atoms with Gasteiger partial charge in [-0.3, -0.25) is 0 Å². The van der Waals surface area contributed by atoms with E-state index >= 15 is 0 Å². The monoisotopic (exact) mass is 415 g/mol. The Morgan fingerprint density at radius 3 is 2.40 bits per heavy atom. The molecule has 0 saturated heterocycles. The summed E-state index contributed by atoms with van der Waals surface area (Å²) in [5, 5.41) is 4.32. The van der Waals surface area contributed by atoms with E-state index in [1.165, 1.54) is 5.56 Å². The van der Waals surface area contributed by atoms with Gasteiger partial charge in [-0.05, 0) is 54.8 Å². The summed E-state index contributed by atoms with van der Waals surface area (Å²) in [5.74, 6) is 0. The zero-order chi connectivity index (χ0) is 14.5. The molecule has 0 saturated carbocycles. The van der Waals surface area contributed by atoms with Crippen molar-refractivity contribution in [3.8, 4) is 0 Å². The lowest BCUT2D eigenvalue weighted by Crippen LogP contribution is -2.27. The van der Waals surface area contributed by atoms with Crippen molar-refractivity contribution in [3.05, 3.63) is 67.6 Å². The van der Waals surface area contributed by atoms with Crippen LogP contribution in [0.3, 0.4) is 0 Å². The lowest BCUT2D eigenvalue weighted by atomic mass is 10.1. The second kappa shape index (κ2) is 7.60. The summed E-state index contributed by atoms with van der Waals surface area (Å²) in [4.78, 5) is 0. The van der Waals surface area contributed by atoms with E-state index in [9.17, 15) is 0 Å². The molecule has 0 aliphatic heterocycles. The van der Waals surface area contributed by atoms with E-state index in [1.807, 2.05) is 12.1 Å². The van der Waals surface area contributed by atoms with Gasteiger partial charge < -0.3 is 5.32 Å². The maximum atomic E-state index is 6.19. The first kappa shape index (κ1) is 16.0. The first-order valence-electron chi connectivity index (χ1n) is 6.46. The average molecular weight is 418 g/mol. The van der Waals surface area contributed by atoms with Gasteiger partial charge in [-0.25, -0.2) is 0 Å². The van der Waals surface area contributed by atoms with Crippen molar-refractivity contribution in [2.75, 3.05) is 0 Å². The van der Waals surface area contributed by atoms with Crippen molar-refractivity contribution in [1.82, 2.24) is 5.32 Å². The minimum atomic E-state index is 0.395. The van der Waals surface area contributed by atoms with Gasteiger partial charge in [-0.15, -0.1) is 0 Å². The van der Waals surface area contributed by atoms with Crippen LogP contribution in [0, 0.1) is 0 Å². The van der Waals surface area contributed by atoms with Crippen molar-refractivity contribution in [3.63, 3.8) is 0 Å². The molecule has 0 spiro atoms. The summed E-state index contributed by atoms with van der Waals surface area (Å²) in [7, 11) is 0. The third kappa shape index (κ3) is 4.88. The molecule has 1 nitrogen and oxygen atoms in total. The Balaban J connectivity index is 1.90. The molecule has 0 aliphatic carbocycles. The van der Waals surface area contributed by atoms with Crippen molar-refractivity contribution in [1.29, 1.82) is 0 Å². The smallest absolute Gasteiger partial charge is 0.0451 e. The fourth-order valence-corrected chi connectivity index (χ4v) is 2.87. The van der Waals surface area contributed by atoms with Crippen LogP contribution in [-0.4, -0.2) is 6.04 Å². The van der Waals surface area contributed by atoms with Gasteiger partial charge in [0.25, 0.3) is 0 Å². The molecule has 20 heavy (non-hydrogen) atoms. The highest BCUT2D eigenvalue weighted by Crippen LogP contribution is 2.21. The molecule has 0 bridgehead atoms. The van der Waals surface area contributed by atoms with Gasteiger partial charge in [-0.2, -0.15) is 0 Å². The van der Waals surface area contributed by atoms with Crippen LogP contribution in [-0.2, 0) is 13.0 Å². The molecule has 2 rings (SSSR count). The van der Waals surface area contributed by atoms with Crippen molar-refractivity contribution < 1.29 is 0 Å². The molecule has 0 aliphatic rings. The highest BCUT2D eigenvalue weighted by molar-refractivity contribution is 9.10. The number of halogens is 3. The highest BCUT2D eigenvalue weighted by Gasteiger charge is 2.06. The summed E-state index contributed by atoms with van der Waals surface area (Å²) in [6, 6.07) is 14.8. The first-order chi connectivity index (χ1) is 9.54. The Kier molecular flexibility index (Phi) is 6.09. The second-order valence-electron chi connectivity index (χ2n) is 4.85. The largest absolute Gasteiger partial charge is 0.310 e. The predicted molar refractivity (Wildman–Crippen MR) is 93.3 cm³/mol. The van der Waals surface area contributed by atoms with E-state index in [0.717, 1.165) is 32.5 Å². The molecule has 4 heteroatoms. The van der Waals surface area contributed by atoms with Crippen LogP contribution in [0.1, 0.15) is 18.1 Å². The van der Waals surface area contributed by atoms with E-state index in [4.69, 9.17) is 11.6 Å². The summed E-state index contributed by atoms with van der Waals surface area (Å²) in [6.45, 7) is 2.96. The van der Waals surface area contributed by atoms with Gasteiger partial charge in [-0.1, -0.05) is 55.6 Å². The lowest BCUT2D eigenvalue weighted by molar-refractivity contribution is 0.545. The minimum Gasteiger partial charge on any atom is -0.310 e. The Morgan fingerprint density at radius 1 is 1.05 bits per heavy atom. The number of rotatable bonds is 5. The molecule has 0 fully saturated rings. The summed E-state index contributed by atoms with van der Waals surface area (Å²) in [6.07, 6.45) is 0.999. The number of hydrogen-bond acceptors (Lipinski definition) is 1. The van der Waals surface area contributed by atoms with E-state index in [2.05, 4.69) is 74.4 Å². The number of nitrogens with one attached hydrogen (secondary N) is 1. The molecule has 0 aromatic heterocycles. The van der Waals surface area contributed by atoms with Crippen LogP contribution in [0.5, 0.6) is 0 Å². The van der Waals surface area contributed by atoms with Gasteiger partial charge in [0.15, 0.2) is 0 Å². The van der Waals surface area contributed by atoms with Gasteiger partial charge in [0, 0.05) is 26.6 Å². The molecule has 0 radical (unpaired) electrons. The maximum Gasteiger partial charge on any atom is 0.0451 e. The van der Waals surface area contributed by atoms with E-state index in [0.29, 0.717) is 6.04 Å². The van der Waals surface area contributed by atoms with Crippen molar-refractivity contribution >= 4 is 43.5 Å². The second-order valence-corrected chi connectivity index (χ2v) is 7.09. The van der Waals surface area contributed by atoms with Crippen LogP contribution in [0.15, 0.2) is 51.4 Å². The molecule has 106 valence electrons. The van der Waals surface area contributed by atoms with E-state index in [1.54, 1.807) is 0 Å². The quantitative estimate of drug-likeness (QED) is 0.669. The Bertz CT molecular complexity index is 569. The van der Waals surface area contributed by atoms with Crippen LogP contribution < -0.4 is 5.32 Å². The summed E-state index contributed by atoms with van der Waals surface area (Å²) >= 11 is 13.1. The number of hydrogen-bond donors (Lipinski definition) is 1. The minimum absolute atomic E-state index is 0.395. The van der Waals surface area contributed by atoms with Crippen molar-refractivity contribution in [2.45, 2.75) is 25.9 Å². The third-order valence-electron chi connectivity index (χ3n) is 3.10. The lowest BCUT2D eigenvalue weighted by Gasteiger charge is -2.15. The molecule has 1 N–H and O–H groups in total. The summed E-state index contributed by atoms with van der Waals surface area (Å²) in [5.41, 5.74) is 2.44. The average Bonchev–Trinajstić information content (AvgIpc) is 2.42. The van der Waals surface area contributed by atoms with Gasteiger partial charge in [0.1, 0.15) is 0 Å². The van der Waals surface area contributed by atoms with E-state index < -0.39 is 0 Å². The topological polar surface area (TPSA) is 12.0 Å². The van der Waals surface area contributed by atoms with Gasteiger partial charge >= 0.3 is 0 Å². The predicted octanol–water partition coefficient (Wildman–Crippen LogP) is 5.59. The van der Waals surface area contributed by atoms with Gasteiger partial charge in [0.05, 0.1) is 0 Å².